The summed E-state index contributed by atoms with van der Waals surface area (Å²) >= 11 is 0. The molecule has 2 aliphatic heterocycles. The van der Waals surface area contributed by atoms with Crippen LogP contribution in [0.5, 0.6) is 0 Å². The van der Waals surface area contributed by atoms with Crippen molar-refractivity contribution in [3.05, 3.63) is 200 Å². The summed E-state index contributed by atoms with van der Waals surface area (Å²) in [4.78, 5) is 4.89. The van der Waals surface area contributed by atoms with Crippen molar-refractivity contribution < 1.29 is 8.83 Å². The Bertz CT molecular complexity index is 3470. The van der Waals surface area contributed by atoms with E-state index in [1.54, 1.807) is 0 Å². The van der Waals surface area contributed by atoms with Crippen LogP contribution >= 0.6 is 0 Å². The van der Waals surface area contributed by atoms with Crippen LogP contribution in [0.4, 0.5) is 34.1 Å². The van der Waals surface area contributed by atoms with Crippen molar-refractivity contribution in [2.24, 2.45) is 0 Å². The number of rotatable bonds is 4. The number of anilines is 6. The summed E-state index contributed by atoms with van der Waals surface area (Å²) in [6.07, 6.45) is 0. The average Bonchev–Trinajstić information content (AvgIpc) is 3.87. The van der Waals surface area contributed by atoms with Crippen LogP contribution in [0.25, 0.3) is 66.1 Å². The van der Waals surface area contributed by atoms with Crippen molar-refractivity contribution in [2.45, 2.75) is 0 Å². The van der Waals surface area contributed by atoms with Gasteiger partial charge in [-0.2, -0.15) is 0 Å². The van der Waals surface area contributed by atoms with E-state index in [1.165, 1.54) is 50.3 Å². The largest absolute Gasteiger partial charge is 0.456 e. The summed E-state index contributed by atoms with van der Waals surface area (Å²) in [6.45, 7) is 0.0850. The second-order valence-electron chi connectivity index (χ2n) is 15.6. The maximum atomic E-state index is 6.43. The Kier molecular flexibility index (Phi) is 6.78. The van der Waals surface area contributed by atoms with E-state index >= 15 is 0 Å². The summed E-state index contributed by atoms with van der Waals surface area (Å²) in [5, 5.41) is 4.55. The van der Waals surface area contributed by atoms with E-state index in [1.807, 2.05) is 24.3 Å². The Labute approximate surface area is 340 Å². The second kappa shape index (κ2) is 12.4. The van der Waals surface area contributed by atoms with Crippen LogP contribution in [-0.2, 0) is 0 Å². The number of nitrogens with zero attached hydrogens (tertiary/aromatic N) is 2. The van der Waals surface area contributed by atoms with Crippen LogP contribution in [0.1, 0.15) is 0 Å². The van der Waals surface area contributed by atoms with E-state index in [4.69, 9.17) is 8.83 Å². The summed E-state index contributed by atoms with van der Waals surface area (Å²) in [7, 11) is 0. The standard InChI is InChI=1S/C54H33BN2O2/c1-8-22-51-40(11-1)42-14-9-13-39(54(42)59-51)35-25-30-38(31-26-35)57-47-18-6-4-16-45(47)55-44-15-3-5-17-46(44)56(48-19-10-20-49(57)53(48)55)37-28-23-34(24-29-37)36-27-32-52-43(33-36)41-12-2-7-21-50(41)58-52/h1-33H. The first-order valence-corrected chi connectivity index (χ1v) is 20.2. The van der Waals surface area contributed by atoms with Crippen LogP contribution < -0.4 is 26.2 Å². The van der Waals surface area contributed by atoms with E-state index in [9.17, 15) is 0 Å². The molecule has 2 aromatic heterocycles. The van der Waals surface area contributed by atoms with Crippen LogP contribution in [0.2, 0.25) is 0 Å². The van der Waals surface area contributed by atoms with Gasteiger partial charge >= 0.3 is 0 Å². The van der Waals surface area contributed by atoms with Gasteiger partial charge in [0, 0.05) is 61.2 Å². The summed E-state index contributed by atoms with van der Waals surface area (Å²) in [6, 6.07) is 72.1. The van der Waals surface area contributed by atoms with Crippen molar-refractivity contribution in [1.82, 2.24) is 0 Å². The van der Waals surface area contributed by atoms with Gasteiger partial charge in [0.2, 0.25) is 0 Å². The molecule has 9 aromatic carbocycles. The molecule has 13 rings (SSSR count). The maximum Gasteiger partial charge on any atom is 0.252 e. The molecule has 0 atom stereocenters. The van der Waals surface area contributed by atoms with Gasteiger partial charge in [-0.15, -0.1) is 0 Å². The van der Waals surface area contributed by atoms with Crippen LogP contribution in [0.15, 0.2) is 209 Å². The fourth-order valence-electron chi connectivity index (χ4n) is 9.87. The molecule has 59 heavy (non-hydrogen) atoms. The lowest BCUT2D eigenvalue weighted by molar-refractivity contribution is 0.669. The van der Waals surface area contributed by atoms with Crippen molar-refractivity contribution in [2.75, 3.05) is 9.80 Å². The molecule has 2 aliphatic rings. The normalized spacial score (nSPS) is 13.0. The second-order valence-corrected chi connectivity index (χ2v) is 15.6. The molecule has 0 aliphatic carbocycles. The van der Waals surface area contributed by atoms with Crippen LogP contribution in [0.3, 0.4) is 0 Å². The van der Waals surface area contributed by atoms with Crippen LogP contribution in [-0.4, -0.2) is 6.71 Å². The third-order valence-electron chi connectivity index (χ3n) is 12.5. The lowest BCUT2D eigenvalue weighted by Gasteiger charge is -2.44. The van der Waals surface area contributed by atoms with Gasteiger partial charge in [-0.25, -0.2) is 0 Å². The molecular formula is C54H33BN2O2. The molecule has 0 saturated heterocycles. The highest BCUT2D eigenvalue weighted by Gasteiger charge is 2.42. The molecule has 0 unspecified atom stereocenters. The molecular weight excluding hydrogens is 719 g/mol. The van der Waals surface area contributed by atoms with E-state index in [2.05, 4.69) is 186 Å². The van der Waals surface area contributed by atoms with Gasteiger partial charge in [0.25, 0.3) is 6.71 Å². The molecule has 4 heterocycles. The fraction of sp³-hybridized carbons (Fsp3) is 0. The molecule has 11 aromatic rings. The minimum Gasteiger partial charge on any atom is -0.456 e. The molecule has 4 nitrogen and oxygen atoms in total. The molecule has 0 N–H and O–H groups in total. The molecule has 0 radical (unpaired) electrons. The van der Waals surface area contributed by atoms with E-state index in [-0.39, 0.29) is 6.71 Å². The molecule has 0 amide bonds. The maximum absolute atomic E-state index is 6.43. The van der Waals surface area contributed by atoms with Gasteiger partial charge in [0.15, 0.2) is 0 Å². The Morgan fingerprint density at radius 1 is 0.339 bits per heavy atom. The Morgan fingerprint density at radius 3 is 1.51 bits per heavy atom. The minimum absolute atomic E-state index is 0.0850. The predicted molar refractivity (Wildman–Crippen MR) is 246 cm³/mol. The van der Waals surface area contributed by atoms with Gasteiger partial charge in [-0.1, -0.05) is 127 Å². The first-order chi connectivity index (χ1) is 29.3. The number of furan rings is 2. The van der Waals surface area contributed by atoms with Crippen molar-refractivity contribution in [3.63, 3.8) is 0 Å². The van der Waals surface area contributed by atoms with Crippen molar-refractivity contribution in [3.8, 4) is 22.3 Å². The highest BCUT2D eigenvalue weighted by atomic mass is 16.3. The smallest absolute Gasteiger partial charge is 0.252 e. The number of fused-ring (bicyclic) bond motifs is 10. The van der Waals surface area contributed by atoms with E-state index < -0.39 is 0 Å². The molecule has 0 spiro atoms. The highest BCUT2D eigenvalue weighted by molar-refractivity contribution is 7.00. The van der Waals surface area contributed by atoms with Crippen molar-refractivity contribution >= 4 is 101 Å². The van der Waals surface area contributed by atoms with Crippen LogP contribution in [0, 0.1) is 0 Å². The Morgan fingerprint density at radius 2 is 0.831 bits per heavy atom. The molecule has 0 bridgehead atoms. The third-order valence-corrected chi connectivity index (χ3v) is 12.5. The van der Waals surface area contributed by atoms with Gasteiger partial charge < -0.3 is 18.6 Å². The SMILES string of the molecule is c1ccc2c(c1)B1c3ccccc3N(c3ccc(-c4cccc5c4oc4ccccc45)cc3)c3cccc(c31)N2c1ccc(-c2ccc3oc4ccccc4c3c2)cc1. The minimum atomic E-state index is 0.0850. The number of para-hydroxylation sites is 5. The first kappa shape index (κ1) is 32.3. The topological polar surface area (TPSA) is 32.8 Å². The number of hydrogen-bond donors (Lipinski definition) is 0. The number of benzene rings is 9. The van der Waals surface area contributed by atoms with Gasteiger partial charge in [-0.3, -0.25) is 0 Å². The summed E-state index contributed by atoms with van der Waals surface area (Å²) in [5.74, 6) is 0. The zero-order valence-corrected chi connectivity index (χ0v) is 31.8. The zero-order valence-electron chi connectivity index (χ0n) is 31.8. The zero-order chi connectivity index (χ0) is 38.6. The fourth-order valence-corrected chi connectivity index (χ4v) is 9.87. The predicted octanol–water partition coefficient (Wildman–Crippen LogP) is 12.9. The van der Waals surface area contributed by atoms with E-state index in [0.717, 1.165) is 66.4 Å². The average molecular weight is 753 g/mol. The third kappa shape index (κ3) is 4.73. The Balaban J connectivity index is 0.927. The van der Waals surface area contributed by atoms with Gasteiger partial charge in [-0.05, 0) is 106 Å². The lowest BCUT2D eigenvalue weighted by Crippen LogP contribution is -2.61. The molecule has 0 saturated carbocycles. The lowest BCUT2D eigenvalue weighted by atomic mass is 9.33. The van der Waals surface area contributed by atoms with Gasteiger partial charge in [0.05, 0.1) is 0 Å². The Hall–Kier alpha value is -7.76. The van der Waals surface area contributed by atoms with Crippen molar-refractivity contribution in [1.29, 1.82) is 0 Å². The highest BCUT2D eigenvalue weighted by Crippen LogP contribution is 2.45. The quantitative estimate of drug-likeness (QED) is 0.168. The summed E-state index contributed by atoms with van der Waals surface area (Å²) < 4.78 is 12.6. The van der Waals surface area contributed by atoms with Gasteiger partial charge in [0.1, 0.15) is 22.3 Å². The molecule has 5 heteroatoms. The monoisotopic (exact) mass is 752 g/mol. The molecule has 274 valence electrons. The molecule has 0 fully saturated rings. The van der Waals surface area contributed by atoms with E-state index in [0.29, 0.717) is 0 Å². The first-order valence-electron chi connectivity index (χ1n) is 20.2. The summed E-state index contributed by atoms with van der Waals surface area (Å²) in [5.41, 5.74) is 19.1. The number of hydrogen-bond acceptors (Lipinski definition) is 4.